The first-order chi connectivity index (χ1) is 18.3. The van der Waals surface area contributed by atoms with Gasteiger partial charge in [-0.15, -0.1) is 0 Å². The molecule has 0 spiro atoms. The summed E-state index contributed by atoms with van der Waals surface area (Å²) in [5, 5.41) is 29.7. The highest BCUT2D eigenvalue weighted by Gasteiger charge is 2.32. The molecule has 38 heavy (non-hydrogen) atoms. The summed E-state index contributed by atoms with van der Waals surface area (Å²) in [5.74, 6) is -0.622. The minimum Gasteiger partial charge on any atom is -0.481 e. The molecule has 202 valence electrons. The highest BCUT2D eigenvalue weighted by atomic mass is 19.1. The molecule has 0 aliphatic heterocycles. The summed E-state index contributed by atoms with van der Waals surface area (Å²) in [4.78, 5) is 11.0. The van der Waals surface area contributed by atoms with E-state index < -0.39 is 24.6 Å². The summed E-state index contributed by atoms with van der Waals surface area (Å²) in [6.45, 7) is 4.48. The Morgan fingerprint density at radius 2 is 1.87 bits per heavy atom. The van der Waals surface area contributed by atoms with Crippen LogP contribution < -0.4 is 0 Å². The van der Waals surface area contributed by atoms with Crippen LogP contribution in [0.1, 0.15) is 87.0 Å². The zero-order chi connectivity index (χ0) is 27.2. The Bertz CT molecular complexity index is 1220. The van der Waals surface area contributed by atoms with Gasteiger partial charge in [-0.3, -0.25) is 4.79 Å². The van der Waals surface area contributed by atoms with Crippen LogP contribution in [0.5, 0.6) is 0 Å². The summed E-state index contributed by atoms with van der Waals surface area (Å²) in [7, 11) is 0. The third-order valence-corrected chi connectivity index (χ3v) is 7.59. The molecule has 0 radical (unpaired) electrons. The minimum atomic E-state index is -1.13. The second kappa shape index (κ2) is 12.7. The van der Waals surface area contributed by atoms with E-state index in [2.05, 4.69) is 38.1 Å². The number of unbranched alkanes of at least 4 members (excludes halogenated alkanes) is 1. The van der Waals surface area contributed by atoms with Crippen LogP contribution in [-0.4, -0.2) is 33.5 Å². The topological polar surface area (TPSA) is 77.8 Å². The summed E-state index contributed by atoms with van der Waals surface area (Å²) >= 11 is 0. The van der Waals surface area contributed by atoms with E-state index in [1.807, 2.05) is 18.2 Å². The Balaban J connectivity index is 1.89. The Morgan fingerprint density at radius 3 is 2.53 bits per heavy atom. The smallest absolute Gasteiger partial charge is 0.305 e. The average Bonchev–Trinajstić information content (AvgIpc) is 3.70. The fourth-order valence-corrected chi connectivity index (χ4v) is 5.56. The maximum atomic E-state index is 14.0. The van der Waals surface area contributed by atoms with Gasteiger partial charge in [-0.1, -0.05) is 68.8 Å². The number of hydrogen-bond acceptors (Lipinski definition) is 3. The van der Waals surface area contributed by atoms with Gasteiger partial charge in [-0.25, -0.2) is 4.39 Å². The molecule has 0 amide bonds. The highest BCUT2D eigenvalue weighted by Crippen LogP contribution is 2.47. The van der Waals surface area contributed by atoms with Gasteiger partial charge in [0.2, 0.25) is 0 Å². The van der Waals surface area contributed by atoms with Crippen molar-refractivity contribution in [1.29, 1.82) is 0 Å². The van der Waals surface area contributed by atoms with E-state index >= 15 is 0 Å². The lowest BCUT2D eigenvalue weighted by atomic mass is 9.77. The molecule has 0 heterocycles. The molecular formula is C33H39FO4. The van der Waals surface area contributed by atoms with Crippen molar-refractivity contribution in [3.8, 4) is 0 Å². The molecule has 4 nitrogen and oxygen atoms in total. The van der Waals surface area contributed by atoms with Crippen LogP contribution in [0.25, 0.3) is 5.57 Å². The normalized spacial score (nSPS) is 19.5. The van der Waals surface area contributed by atoms with Crippen molar-refractivity contribution in [3.63, 3.8) is 0 Å². The number of aliphatic hydroxyl groups is 2. The van der Waals surface area contributed by atoms with Crippen molar-refractivity contribution in [2.75, 3.05) is 0 Å². The molecule has 3 atom stereocenters. The van der Waals surface area contributed by atoms with Gasteiger partial charge >= 0.3 is 5.97 Å². The van der Waals surface area contributed by atoms with E-state index in [0.717, 1.165) is 60.8 Å². The van der Waals surface area contributed by atoms with Crippen LogP contribution >= 0.6 is 0 Å². The molecule has 3 unspecified atom stereocenters. The number of aliphatic carboxylic acids is 1. The van der Waals surface area contributed by atoms with E-state index in [9.17, 15) is 19.4 Å². The van der Waals surface area contributed by atoms with Crippen LogP contribution in [-0.2, 0) is 11.2 Å². The van der Waals surface area contributed by atoms with Crippen LogP contribution in [0.2, 0.25) is 0 Å². The summed E-state index contributed by atoms with van der Waals surface area (Å²) in [6, 6.07) is 13.1. The number of carboxylic acids is 1. The first kappa shape index (κ1) is 28.0. The van der Waals surface area contributed by atoms with Crippen molar-refractivity contribution in [3.05, 3.63) is 99.9 Å². The lowest BCUT2D eigenvalue weighted by Crippen LogP contribution is -2.19. The van der Waals surface area contributed by atoms with E-state index in [0.29, 0.717) is 11.8 Å². The van der Waals surface area contributed by atoms with Gasteiger partial charge in [0.05, 0.1) is 18.6 Å². The van der Waals surface area contributed by atoms with Crippen molar-refractivity contribution in [2.24, 2.45) is 5.92 Å². The molecule has 4 rings (SSSR count). The molecule has 1 saturated carbocycles. The molecule has 2 aliphatic rings. The van der Waals surface area contributed by atoms with Crippen molar-refractivity contribution < 1.29 is 24.5 Å². The molecule has 2 aromatic rings. The minimum absolute atomic E-state index is 0.0563. The van der Waals surface area contributed by atoms with Crippen LogP contribution in [0.3, 0.4) is 0 Å². The fraction of sp³-hybridized carbons (Fsp3) is 0.424. The Hall–Kier alpha value is -3.02. The summed E-state index contributed by atoms with van der Waals surface area (Å²) in [6.07, 6.45) is 9.71. The van der Waals surface area contributed by atoms with Crippen LogP contribution in [0.15, 0.2) is 71.8 Å². The van der Waals surface area contributed by atoms with Crippen molar-refractivity contribution >= 4 is 11.5 Å². The molecule has 0 aromatic heterocycles. The zero-order valence-corrected chi connectivity index (χ0v) is 22.4. The third kappa shape index (κ3) is 6.89. The Labute approximate surface area is 225 Å². The zero-order valence-electron chi connectivity index (χ0n) is 22.4. The van der Waals surface area contributed by atoms with Gasteiger partial charge in [0.15, 0.2) is 0 Å². The second-order valence-electron chi connectivity index (χ2n) is 10.8. The van der Waals surface area contributed by atoms with Crippen LogP contribution in [0, 0.1) is 11.7 Å². The number of rotatable bonds is 11. The van der Waals surface area contributed by atoms with Crippen molar-refractivity contribution in [1.82, 2.24) is 0 Å². The van der Waals surface area contributed by atoms with Gasteiger partial charge < -0.3 is 15.3 Å². The Kier molecular flexibility index (Phi) is 9.35. The number of aliphatic hydroxyl groups excluding tert-OH is 2. The first-order valence-electron chi connectivity index (χ1n) is 13.9. The molecule has 3 N–H and O–H groups in total. The first-order valence-corrected chi connectivity index (χ1v) is 13.9. The molecule has 1 fully saturated rings. The Morgan fingerprint density at radius 1 is 1.13 bits per heavy atom. The largest absolute Gasteiger partial charge is 0.481 e. The number of aryl methyl sites for hydroxylation is 1. The molecule has 0 bridgehead atoms. The lowest BCUT2D eigenvalue weighted by molar-refractivity contribution is -0.139. The monoisotopic (exact) mass is 518 g/mol. The third-order valence-electron chi connectivity index (χ3n) is 7.59. The molecule has 2 aliphatic carbocycles. The summed E-state index contributed by atoms with van der Waals surface area (Å²) in [5.41, 5.74) is 8.01. The van der Waals surface area contributed by atoms with E-state index in [4.69, 9.17) is 5.11 Å². The molecule has 0 saturated heterocycles. The van der Waals surface area contributed by atoms with Gasteiger partial charge in [0, 0.05) is 6.42 Å². The average molecular weight is 519 g/mol. The van der Waals surface area contributed by atoms with E-state index in [1.54, 1.807) is 6.08 Å². The van der Waals surface area contributed by atoms with Crippen LogP contribution in [0.4, 0.5) is 4.39 Å². The van der Waals surface area contributed by atoms with Gasteiger partial charge in [-0.05, 0) is 95.0 Å². The number of benzene rings is 2. The predicted octanol–water partition coefficient (Wildman–Crippen LogP) is 6.96. The second-order valence-corrected chi connectivity index (χ2v) is 10.8. The number of hydrogen-bond donors (Lipinski definition) is 3. The SMILES string of the molecule is CCCCc1cccc2c1C(C)CC=C(C1CC1)C(C=CC(O)CC(O)CC(=O)O)=C2c1ccc(F)cc1. The van der Waals surface area contributed by atoms with Gasteiger partial charge in [0.1, 0.15) is 5.82 Å². The maximum Gasteiger partial charge on any atom is 0.305 e. The maximum absolute atomic E-state index is 14.0. The van der Waals surface area contributed by atoms with Gasteiger partial charge in [-0.2, -0.15) is 0 Å². The fourth-order valence-electron chi connectivity index (χ4n) is 5.56. The molecular weight excluding hydrogens is 479 g/mol. The number of halogens is 1. The number of allylic oxidation sites excluding steroid dienone is 4. The molecule has 5 heteroatoms. The molecule has 2 aromatic carbocycles. The van der Waals surface area contributed by atoms with E-state index in [-0.39, 0.29) is 12.2 Å². The lowest BCUT2D eigenvalue weighted by Gasteiger charge is -2.27. The van der Waals surface area contributed by atoms with E-state index in [1.165, 1.54) is 28.8 Å². The highest BCUT2D eigenvalue weighted by molar-refractivity contribution is 5.89. The van der Waals surface area contributed by atoms with Gasteiger partial charge in [0.25, 0.3) is 0 Å². The number of carboxylic acid groups (broad SMARTS) is 1. The quantitative estimate of drug-likeness (QED) is 0.301. The number of fused-ring (bicyclic) bond motifs is 1. The number of carbonyl (C=O) groups is 1. The summed E-state index contributed by atoms with van der Waals surface area (Å²) < 4.78 is 14.0. The predicted molar refractivity (Wildman–Crippen MR) is 149 cm³/mol. The van der Waals surface area contributed by atoms with Crippen molar-refractivity contribution in [2.45, 2.75) is 83.3 Å². The standard InChI is InChI=1S/C33H39FO4/c1-3-4-6-23-7-5-8-30-32(23)21(2)9-17-28(22-10-11-22)29(33(30)24-12-14-25(34)15-13-24)18-16-26(35)19-27(36)20-31(37)38/h5,7-8,12-18,21-22,26-27,35-36H,3-4,6,9-11,19-20H2,1-2H3,(H,37,38).